The van der Waals surface area contributed by atoms with Gasteiger partial charge in [-0.2, -0.15) is 0 Å². The zero-order chi connectivity index (χ0) is 12.7. The van der Waals surface area contributed by atoms with Crippen LogP contribution in [-0.2, 0) is 4.74 Å². The summed E-state index contributed by atoms with van der Waals surface area (Å²) in [5.41, 5.74) is 0.748. The highest BCUT2D eigenvalue weighted by atomic mass is 16.5. The van der Waals surface area contributed by atoms with Gasteiger partial charge in [0.1, 0.15) is 6.23 Å². The highest BCUT2D eigenvalue weighted by Crippen LogP contribution is 2.35. The van der Waals surface area contributed by atoms with Crippen molar-refractivity contribution in [2.75, 3.05) is 0 Å². The largest absolute Gasteiger partial charge is 0.354 e. The molecule has 1 saturated heterocycles. The highest BCUT2D eigenvalue weighted by Gasteiger charge is 2.32. The number of fused-ring (bicyclic) bond motifs is 1. The number of H-pyrrole nitrogens is 1. The van der Waals surface area contributed by atoms with E-state index in [0.717, 1.165) is 12.8 Å². The van der Waals surface area contributed by atoms with Gasteiger partial charge in [-0.1, -0.05) is 13.8 Å². The van der Waals surface area contributed by atoms with Gasteiger partial charge in [0.05, 0.1) is 18.8 Å². The molecule has 2 aromatic heterocycles. The molecule has 0 spiro atoms. The molecule has 0 amide bonds. The van der Waals surface area contributed by atoms with Crippen molar-refractivity contribution >= 4 is 11.2 Å². The van der Waals surface area contributed by atoms with Gasteiger partial charge in [-0.05, 0) is 18.8 Å². The molecule has 96 valence electrons. The molecule has 1 fully saturated rings. The van der Waals surface area contributed by atoms with E-state index in [1.807, 2.05) is 4.57 Å². The molecule has 1 N–H and O–H groups in total. The first kappa shape index (κ1) is 11.4. The number of nitrogens with one attached hydrogen (secondary N) is 1. The van der Waals surface area contributed by atoms with Gasteiger partial charge in [-0.15, -0.1) is 0 Å². The van der Waals surface area contributed by atoms with Crippen LogP contribution in [0.2, 0.25) is 0 Å². The van der Waals surface area contributed by atoms with Crippen LogP contribution in [0.25, 0.3) is 11.2 Å². The standard InChI is InChI=1S/C12H16N4O2/c1-3-8-7(2)4-9(18-8)16-6-15-10-11(16)13-5-14-12(10)17/h5-9H,3-4H2,1-2H3,(H,13,14,17)/t7?,8-,9-/m1/s1. The maximum atomic E-state index is 11.6. The van der Waals surface area contributed by atoms with Crippen molar-refractivity contribution in [2.24, 2.45) is 5.92 Å². The minimum absolute atomic E-state index is 0.0655. The third-order valence-corrected chi connectivity index (χ3v) is 3.62. The van der Waals surface area contributed by atoms with Crippen molar-refractivity contribution in [1.82, 2.24) is 19.5 Å². The third kappa shape index (κ3) is 1.64. The molecular weight excluding hydrogens is 232 g/mol. The molecule has 18 heavy (non-hydrogen) atoms. The maximum absolute atomic E-state index is 11.6. The quantitative estimate of drug-likeness (QED) is 0.873. The second-order valence-electron chi connectivity index (χ2n) is 4.81. The van der Waals surface area contributed by atoms with Gasteiger partial charge in [-0.25, -0.2) is 9.97 Å². The molecule has 0 radical (unpaired) electrons. The number of imidazole rings is 1. The average molecular weight is 248 g/mol. The van der Waals surface area contributed by atoms with E-state index in [9.17, 15) is 4.79 Å². The number of ether oxygens (including phenoxy) is 1. The summed E-state index contributed by atoms with van der Waals surface area (Å²) in [4.78, 5) is 22.4. The molecule has 3 rings (SSSR count). The first-order valence-electron chi connectivity index (χ1n) is 6.26. The van der Waals surface area contributed by atoms with Crippen molar-refractivity contribution in [3.05, 3.63) is 23.0 Å². The number of nitrogens with zero attached hydrogens (tertiary/aromatic N) is 3. The SMILES string of the molecule is CC[C@H]1O[C@@H](n2cnc3c(=O)[nH]cnc32)CC1C. The van der Waals surface area contributed by atoms with Gasteiger partial charge in [0, 0.05) is 0 Å². The Morgan fingerprint density at radius 2 is 2.39 bits per heavy atom. The number of hydrogen-bond acceptors (Lipinski definition) is 4. The van der Waals surface area contributed by atoms with E-state index < -0.39 is 0 Å². The van der Waals surface area contributed by atoms with Crippen LogP contribution in [0.3, 0.4) is 0 Å². The minimum Gasteiger partial charge on any atom is -0.354 e. The molecule has 2 aromatic rings. The Kier molecular flexibility index (Phi) is 2.66. The molecule has 0 aliphatic carbocycles. The molecule has 1 aliphatic rings. The Morgan fingerprint density at radius 3 is 3.11 bits per heavy atom. The van der Waals surface area contributed by atoms with E-state index in [-0.39, 0.29) is 17.9 Å². The fraction of sp³-hybridized carbons (Fsp3) is 0.583. The molecule has 6 heteroatoms. The van der Waals surface area contributed by atoms with Crippen LogP contribution in [0.4, 0.5) is 0 Å². The molecule has 0 saturated carbocycles. The van der Waals surface area contributed by atoms with E-state index in [0.29, 0.717) is 17.1 Å². The van der Waals surface area contributed by atoms with Crippen molar-refractivity contribution in [3.63, 3.8) is 0 Å². The van der Waals surface area contributed by atoms with Gasteiger partial charge in [0.25, 0.3) is 5.56 Å². The van der Waals surface area contributed by atoms with Gasteiger partial charge < -0.3 is 9.72 Å². The summed E-state index contributed by atoms with van der Waals surface area (Å²) in [5, 5.41) is 0. The summed E-state index contributed by atoms with van der Waals surface area (Å²) in [7, 11) is 0. The van der Waals surface area contributed by atoms with Gasteiger partial charge in [-0.3, -0.25) is 9.36 Å². The van der Waals surface area contributed by atoms with Gasteiger partial charge in [0.2, 0.25) is 0 Å². The van der Waals surface area contributed by atoms with Crippen LogP contribution in [0.1, 0.15) is 32.9 Å². The fourth-order valence-corrected chi connectivity index (χ4v) is 2.61. The second-order valence-corrected chi connectivity index (χ2v) is 4.81. The number of rotatable bonds is 2. The summed E-state index contributed by atoms with van der Waals surface area (Å²) in [6.07, 6.45) is 5.18. The first-order chi connectivity index (χ1) is 8.70. The average Bonchev–Trinajstić information content (AvgIpc) is 2.93. The lowest BCUT2D eigenvalue weighted by Gasteiger charge is -2.14. The Bertz CT molecular complexity index is 618. The van der Waals surface area contributed by atoms with Crippen LogP contribution in [0.5, 0.6) is 0 Å². The van der Waals surface area contributed by atoms with Crippen molar-refractivity contribution in [2.45, 2.75) is 39.0 Å². The van der Waals surface area contributed by atoms with Crippen LogP contribution in [0, 0.1) is 5.92 Å². The number of hydrogen-bond donors (Lipinski definition) is 1. The summed E-state index contributed by atoms with van der Waals surface area (Å²) in [5.74, 6) is 0.513. The maximum Gasteiger partial charge on any atom is 0.278 e. The Hall–Kier alpha value is -1.69. The third-order valence-electron chi connectivity index (χ3n) is 3.62. The predicted molar refractivity (Wildman–Crippen MR) is 66.1 cm³/mol. The Morgan fingerprint density at radius 1 is 1.56 bits per heavy atom. The predicted octanol–water partition coefficient (Wildman–Crippen LogP) is 1.45. The van der Waals surface area contributed by atoms with Crippen LogP contribution < -0.4 is 5.56 Å². The Balaban J connectivity index is 2.01. The van der Waals surface area contributed by atoms with E-state index in [1.165, 1.54) is 6.33 Å². The molecule has 3 heterocycles. The van der Waals surface area contributed by atoms with Crippen LogP contribution in [0.15, 0.2) is 17.4 Å². The van der Waals surface area contributed by atoms with E-state index in [1.54, 1.807) is 6.33 Å². The lowest BCUT2D eigenvalue weighted by Crippen LogP contribution is -2.13. The molecule has 1 aliphatic heterocycles. The lowest BCUT2D eigenvalue weighted by atomic mass is 10.0. The smallest absolute Gasteiger partial charge is 0.278 e. The van der Waals surface area contributed by atoms with E-state index in [4.69, 9.17) is 4.74 Å². The van der Waals surface area contributed by atoms with Gasteiger partial charge >= 0.3 is 0 Å². The van der Waals surface area contributed by atoms with Crippen molar-refractivity contribution in [3.8, 4) is 0 Å². The van der Waals surface area contributed by atoms with E-state index in [2.05, 4.69) is 28.8 Å². The molecule has 0 bridgehead atoms. The van der Waals surface area contributed by atoms with Crippen molar-refractivity contribution in [1.29, 1.82) is 0 Å². The van der Waals surface area contributed by atoms with Crippen LogP contribution >= 0.6 is 0 Å². The van der Waals surface area contributed by atoms with Crippen molar-refractivity contribution < 1.29 is 4.74 Å². The summed E-state index contributed by atoms with van der Waals surface area (Å²) >= 11 is 0. The molecule has 3 atom stereocenters. The first-order valence-corrected chi connectivity index (χ1v) is 6.26. The van der Waals surface area contributed by atoms with Gasteiger partial charge in [0.15, 0.2) is 11.2 Å². The topological polar surface area (TPSA) is 72.8 Å². The normalized spacial score (nSPS) is 28.0. The zero-order valence-corrected chi connectivity index (χ0v) is 10.5. The number of aromatic nitrogens is 4. The minimum atomic E-state index is -0.211. The lowest BCUT2D eigenvalue weighted by molar-refractivity contribution is -0.00304. The zero-order valence-electron chi connectivity index (χ0n) is 10.5. The second kappa shape index (κ2) is 4.20. The molecule has 0 aromatic carbocycles. The highest BCUT2D eigenvalue weighted by molar-refractivity contribution is 5.68. The summed E-state index contributed by atoms with van der Waals surface area (Å²) in [6, 6.07) is 0. The Labute approximate surface area is 104 Å². The fourth-order valence-electron chi connectivity index (χ4n) is 2.61. The molecule has 6 nitrogen and oxygen atoms in total. The monoisotopic (exact) mass is 248 g/mol. The summed E-state index contributed by atoms with van der Waals surface area (Å²) in [6.45, 7) is 4.31. The summed E-state index contributed by atoms with van der Waals surface area (Å²) < 4.78 is 7.84. The van der Waals surface area contributed by atoms with E-state index >= 15 is 0 Å². The molecule has 1 unspecified atom stereocenters. The van der Waals surface area contributed by atoms with Crippen LogP contribution in [-0.4, -0.2) is 25.6 Å². The number of aromatic amines is 1. The molecular formula is C12H16N4O2.